The van der Waals surface area contributed by atoms with Crippen LogP contribution in [-0.4, -0.2) is 45.8 Å². The Hall–Kier alpha value is -4.34. The molecule has 0 saturated carbocycles. The number of carbonyl (C=O) groups is 3. The number of amides is 3. The number of benzene rings is 2. The van der Waals surface area contributed by atoms with Crippen molar-refractivity contribution in [3.63, 3.8) is 0 Å². The average molecular weight is 423 g/mol. The van der Waals surface area contributed by atoms with Crippen LogP contribution in [0.25, 0.3) is 5.69 Å². The number of hydrogen-bond acceptors (Lipinski definition) is 6. The SMILES string of the molecule is CCOc1ccccc1C(=O)NCC(=O)NNC(=O)c1nn(-c2ccccc2)cc1O. The van der Waals surface area contributed by atoms with Crippen molar-refractivity contribution in [3.8, 4) is 17.2 Å². The zero-order chi connectivity index (χ0) is 22.2. The molecule has 0 fully saturated rings. The summed E-state index contributed by atoms with van der Waals surface area (Å²) in [6.07, 6.45) is 1.28. The Kier molecular flexibility index (Phi) is 6.84. The molecule has 0 spiro atoms. The normalized spacial score (nSPS) is 10.2. The van der Waals surface area contributed by atoms with Gasteiger partial charge in [-0.05, 0) is 31.2 Å². The molecule has 3 rings (SSSR count). The Morgan fingerprint density at radius 1 is 1.00 bits per heavy atom. The first-order valence-electron chi connectivity index (χ1n) is 9.43. The van der Waals surface area contributed by atoms with Crippen LogP contribution in [0.3, 0.4) is 0 Å². The van der Waals surface area contributed by atoms with E-state index < -0.39 is 17.7 Å². The smallest absolute Gasteiger partial charge is 0.294 e. The van der Waals surface area contributed by atoms with Crippen molar-refractivity contribution in [1.29, 1.82) is 0 Å². The van der Waals surface area contributed by atoms with E-state index in [4.69, 9.17) is 4.74 Å². The van der Waals surface area contributed by atoms with Crippen molar-refractivity contribution in [2.24, 2.45) is 0 Å². The minimum Gasteiger partial charge on any atom is -0.504 e. The van der Waals surface area contributed by atoms with E-state index in [1.807, 2.05) is 6.07 Å². The monoisotopic (exact) mass is 423 g/mol. The van der Waals surface area contributed by atoms with Gasteiger partial charge >= 0.3 is 0 Å². The molecule has 160 valence electrons. The zero-order valence-electron chi connectivity index (χ0n) is 16.7. The lowest BCUT2D eigenvalue weighted by Gasteiger charge is -2.11. The molecule has 0 aliphatic heterocycles. The fourth-order valence-corrected chi connectivity index (χ4v) is 2.66. The molecule has 3 amide bonds. The molecule has 3 aromatic rings. The second kappa shape index (κ2) is 9.92. The van der Waals surface area contributed by atoms with E-state index in [1.54, 1.807) is 55.5 Å². The van der Waals surface area contributed by atoms with Gasteiger partial charge in [-0.3, -0.25) is 25.2 Å². The molecular formula is C21H21N5O5. The highest BCUT2D eigenvalue weighted by molar-refractivity contribution is 5.99. The van der Waals surface area contributed by atoms with E-state index in [2.05, 4.69) is 21.3 Å². The van der Waals surface area contributed by atoms with Gasteiger partial charge in [0.1, 0.15) is 5.75 Å². The van der Waals surface area contributed by atoms with Crippen LogP contribution in [0.1, 0.15) is 27.8 Å². The number of para-hydroxylation sites is 2. The van der Waals surface area contributed by atoms with Crippen molar-refractivity contribution in [2.45, 2.75) is 6.92 Å². The molecular weight excluding hydrogens is 402 g/mol. The summed E-state index contributed by atoms with van der Waals surface area (Å²) in [6, 6.07) is 15.5. The molecule has 0 saturated heterocycles. The van der Waals surface area contributed by atoms with Crippen molar-refractivity contribution < 1.29 is 24.2 Å². The van der Waals surface area contributed by atoms with Crippen LogP contribution in [0.4, 0.5) is 0 Å². The largest absolute Gasteiger partial charge is 0.504 e. The van der Waals surface area contributed by atoms with Gasteiger partial charge in [-0.1, -0.05) is 30.3 Å². The summed E-state index contributed by atoms with van der Waals surface area (Å²) in [5, 5.41) is 16.4. The Morgan fingerprint density at radius 3 is 2.45 bits per heavy atom. The standard InChI is InChI=1S/C21H21N5O5/c1-2-31-17-11-7-6-10-15(17)20(29)22-12-18(28)23-24-21(30)19-16(27)13-26(25-19)14-8-4-3-5-9-14/h3-11,13,27H,2,12H2,1H3,(H,22,29)(H,23,28)(H,24,30). The lowest BCUT2D eigenvalue weighted by Crippen LogP contribution is -2.46. The minimum absolute atomic E-state index is 0.265. The number of aromatic nitrogens is 2. The summed E-state index contributed by atoms with van der Waals surface area (Å²) in [6.45, 7) is 1.80. The van der Waals surface area contributed by atoms with Crippen LogP contribution in [0, 0.1) is 0 Å². The number of ether oxygens (including phenoxy) is 1. The Balaban J connectivity index is 1.53. The fourth-order valence-electron chi connectivity index (χ4n) is 2.66. The first-order chi connectivity index (χ1) is 15.0. The number of aromatic hydroxyl groups is 1. The number of nitrogens with one attached hydrogen (secondary N) is 3. The Bertz CT molecular complexity index is 1080. The van der Waals surface area contributed by atoms with Gasteiger partial charge in [-0.25, -0.2) is 4.68 Å². The van der Waals surface area contributed by atoms with Gasteiger partial charge in [-0.15, -0.1) is 0 Å². The predicted molar refractivity (Wildman–Crippen MR) is 111 cm³/mol. The molecule has 0 radical (unpaired) electrons. The zero-order valence-corrected chi connectivity index (χ0v) is 16.7. The molecule has 1 heterocycles. The summed E-state index contributed by atoms with van der Waals surface area (Å²) in [5.74, 6) is -1.92. The summed E-state index contributed by atoms with van der Waals surface area (Å²) in [7, 11) is 0. The maximum Gasteiger partial charge on any atom is 0.294 e. The summed E-state index contributed by atoms with van der Waals surface area (Å²) in [4.78, 5) is 36.5. The highest BCUT2D eigenvalue weighted by Gasteiger charge is 2.18. The highest BCUT2D eigenvalue weighted by Crippen LogP contribution is 2.18. The molecule has 0 aliphatic carbocycles. The molecule has 4 N–H and O–H groups in total. The third kappa shape index (κ3) is 5.38. The third-order valence-electron chi connectivity index (χ3n) is 4.09. The van der Waals surface area contributed by atoms with Crippen LogP contribution < -0.4 is 20.9 Å². The van der Waals surface area contributed by atoms with Gasteiger partial charge in [0.2, 0.25) is 0 Å². The van der Waals surface area contributed by atoms with Crippen molar-refractivity contribution in [3.05, 3.63) is 72.1 Å². The number of hydrazine groups is 1. The maximum atomic E-state index is 12.3. The topological polar surface area (TPSA) is 135 Å². The van der Waals surface area contributed by atoms with Gasteiger partial charge in [-0.2, -0.15) is 5.10 Å². The molecule has 1 aromatic heterocycles. The van der Waals surface area contributed by atoms with Crippen LogP contribution in [0.2, 0.25) is 0 Å². The fraction of sp³-hybridized carbons (Fsp3) is 0.143. The van der Waals surface area contributed by atoms with Gasteiger partial charge in [0, 0.05) is 0 Å². The van der Waals surface area contributed by atoms with Crippen molar-refractivity contribution in [1.82, 2.24) is 25.9 Å². The minimum atomic E-state index is -0.812. The second-order valence-electron chi connectivity index (χ2n) is 6.26. The highest BCUT2D eigenvalue weighted by atomic mass is 16.5. The van der Waals surface area contributed by atoms with Gasteiger partial charge in [0.05, 0.1) is 30.6 Å². The van der Waals surface area contributed by atoms with Crippen molar-refractivity contribution in [2.75, 3.05) is 13.2 Å². The maximum absolute atomic E-state index is 12.3. The van der Waals surface area contributed by atoms with E-state index in [9.17, 15) is 19.5 Å². The lowest BCUT2D eigenvalue weighted by atomic mass is 10.2. The summed E-state index contributed by atoms with van der Waals surface area (Å²) >= 11 is 0. The summed E-state index contributed by atoms with van der Waals surface area (Å²) < 4.78 is 6.72. The van der Waals surface area contributed by atoms with E-state index >= 15 is 0 Å². The molecule has 31 heavy (non-hydrogen) atoms. The van der Waals surface area contributed by atoms with E-state index in [-0.39, 0.29) is 23.6 Å². The first-order valence-corrected chi connectivity index (χ1v) is 9.43. The van der Waals surface area contributed by atoms with Crippen LogP contribution >= 0.6 is 0 Å². The average Bonchev–Trinajstić information content (AvgIpc) is 3.18. The molecule has 0 unspecified atom stereocenters. The third-order valence-corrected chi connectivity index (χ3v) is 4.09. The number of carbonyl (C=O) groups excluding carboxylic acids is 3. The summed E-state index contributed by atoms with van der Waals surface area (Å²) in [5.41, 5.74) is 4.98. The molecule has 0 aliphatic rings. The second-order valence-corrected chi connectivity index (χ2v) is 6.26. The van der Waals surface area contributed by atoms with Crippen molar-refractivity contribution >= 4 is 17.7 Å². The van der Waals surface area contributed by atoms with Crippen LogP contribution in [0.5, 0.6) is 11.5 Å². The molecule has 10 heteroatoms. The van der Waals surface area contributed by atoms with Gasteiger partial charge < -0.3 is 15.2 Å². The molecule has 0 atom stereocenters. The van der Waals surface area contributed by atoms with Crippen LogP contribution in [-0.2, 0) is 4.79 Å². The van der Waals surface area contributed by atoms with Gasteiger partial charge in [0.25, 0.3) is 17.7 Å². The predicted octanol–water partition coefficient (Wildman–Crippen LogP) is 1.17. The molecule has 10 nitrogen and oxygen atoms in total. The number of hydrogen-bond donors (Lipinski definition) is 4. The molecule has 2 aromatic carbocycles. The van der Waals surface area contributed by atoms with E-state index in [0.717, 1.165) is 0 Å². The lowest BCUT2D eigenvalue weighted by molar-refractivity contribution is -0.120. The number of nitrogens with zero attached hydrogens (tertiary/aromatic N) is 2. The van der Waals surface area contributed by atoms with Crippen LogP contribution in [0.15, 0.2) is 60.8 Å². The van der Waals surface area contributed by atoms with Gasteiger partial charge in [0.15, 0.2) is 11.4 Å². The Labute approximate surface area is 177 Å². The van der Waals surface area contributed by atoms with E-state index in [0.29, 0.717) is 18.0 Å². The van der Waals surface area contributed by atoms with E-state index in [1.165, 1.54) is 10.9 Å². The molecule has 0 bridgehead atoms. The number of rotatable bonds is 7. The first kappa shape index (κ1) is 21.4. The Morgan fingerprint density at radius 2 is 1.71 bits per heavy atom. The quantitative estimate of drug-likeness (QED) is 0.422.